The maximum absolute atomic E-state index is 11.9. The van der Waals surface area contributed by atoms with Gasteiger partial charge in [-0.15, -0.1) is 0 Å². The van der Waals surface area contributed by atoms with E-state index in [-0.39, 0.29) is 0 Å². The van der Waals surface area contributed by atoms with Crippen molar-refractivity contribution in [1.29, 1.82) is 0 Å². The van der Waals surface area contributed by atoms with Crippen molar-refractivity contribution in [2.24, 2.45) is 34.5 Å². The van der Waals surface area contributed by atoms with E-state index in [4.69, 9.17) is 0 Å². The lowest BCUT2D eigenvalue weighted by Gasteiger charge is -2.58. The van der Waals surface area contributed by atoms with Crippen molar-refractivity contribution in [3.8, 4) is 0 Å². The van der Waals surface area contributed by atoms with Crippen LogP contribution in [0.5, 0.6) is 0 Å². The highest BCUT2D eigenvalue weighted by Gasteiger charge is 2.58. The molecule has 3 fully saturated rings. The zero-order chi connectivity index (χ0) is 17.1. The van der Waals surface area contributed by atoms with Crippen LogP contribution >= 0.6 is 0 Å². The van der Waals surface area contributed by atoms with E-state index in [1.165, 1.54) is 44.1 Å². The van der Waals surface area contributed by atoms with Gasteiger partial charge in [0.15, 0.2) is 5.78 Å². The van der Waals surface area contributed by atoms with Crippen LogP contribution in [0.1, 0.15) is 79.1 Å². The molecule has 1 nitrogen and oxygen atoms in total. The van der Waals surface area contributed by atoms with Crippen molar-refractivity contribution in [3.63, 3.8) is 0 Å². The fourth-order valence-corrected chi connectivity index (χ4v) is 7.51. The quantitative estimate of drug-likeness (QED) is 0.532. The number of hydrogen-bond acceptors (Lipinski definition) is 1. The summed E-state index contributed by atoms with van der Waals surface area (Å²) in [5, 5.41) is 0. The molecular formula is C23H34O. The summed E-state index contributed by atoms with van der Waals surface area (Å²) < 4.78 is 0. The maximum atomic E-state index is 11.9. The summed E-state index contributed by atoms with van der Waals surface area (Å²) in [5.41, 5.74) is 3.98. The standard InChI is InChI=1S/C23H34O/c1-5-15(2)19-8-9-20-18-7-6-16-14-17(24)10-12-22(16,3)21(18)11-13-23(19,20)4/h5,14,18-21H,6-13H2,1-4H3/b15-5+/t18-,19+,20-,21-,22-,23+/m0/s1. The summed E-state index contributed by atoms with van der Waals surface area (Å²) in [6.07, 6.45) is 14.4. The van der Waals surface area contributed by atoms with Gasteiger partial charge in [0.25, 0.3) is 0 Å². The second-order valence-corrected chi connectivity index (χ2v) is 9.68. The van der Waals surface area contributed by atoms with Crippen molar-refractivity contribution >= 4 is 5.78 Å². The number of carbonyl (C=O) groups excluding carboxylic acids is 1. The van der Waals surface area contributed by atoms with E-state index in [2.05, 4.69) is 33.8 Å². The topological polar surface area (TPSA) is 17.1 Å². The molecule has 3 saturated carbocycles. The Morgan fingerprint density at radius 2 is 1.88 bits per heavy atom. The Bertz CT molecular complexity index is 612. The molecule has 132 valence electrons. The van der Waals surface area contributed by atoms with E-state index in [0.717, 1.165) is 36.5 Å². The third-order valence-electron chi connectivity index (χ3n) is 8.97. The van der Waals surface area contributed by atoms with Gasteiger partial charge in [-0.25, -0.2) is 0 Å². The van der Waals surface area contributed by atoms with Crippen LogP contribution in [-0.4, -0.2) is 5.78 Å². The summed E-state index contributed by atoms with van der Waals surface area (Å²) >= 11 is 0. The summed E-state index contributed by atoms with van der Waals surface area (Å²) in [6, 6.07) is 0. The lowest BCUT2D eigenvalue weighted by atomic mass is 9.46. The molecule has 24 heavy (non-hydrogen) atoms. The van der Waals surface area contributed by atoms with Gasteiger partial charge in [0.2, 0.25) is 0 Å². The van der Waals surface area contributed by atoms with Gasteiger partial charge < -0.3 is 0 Å². The number of hydrogen-bond donors (Lipinski definition) is 0. The first-order valence-electron chi connectivity index (χ1n) is 10.3. The average Bonchev–Trinajstić information content (AvgIpc) is 2.92. The van der Waals surface area contributed by atoms with Crippen LogP contribution in [-0.2, 0) is 4.79 Å². The highest BCUT2D eigenvalue weighted by atomic mass is 16.1. The number of allylic oxidation sites excluding steroid dienone is 3. The molecule has 4 aliphatic carbocycles. The minimum absolute atomic E-state index is 0.325. The monoisotopic (exact) mass is 326 g/mol. The van der Waals surface area contributed by atoms with Crippen molar-refractivity contribution in [3.05, 3.63) is 23.3 Å². The van der Waals surface area contributed by atoms with Gasteiger partial charge in [0, 0.05) is 6.42 Å². The van der Waals surface area contributed by atoms with Gasteiger partial charge >= 0.3 is 0 Å². The van der Waals surface area contributed by atoms with Gasteiger partial charge in [0.1, 0.15) is 0 Å². The van der Waals surface area contributed by atoms with Crippen LogP contribution < -0.4 is 0 Å². The molecule has 1 heteroatoms. The fraction of sp³-hybridized carbons (Fsp3) is 0.783. The van der Waals surface area contributed by atoms with Crippen molar-refractivity contribution in [1.82, 2.24) is 0 Å². The summed E-state index contributed by atoms with van der Waals surface area (Å²) in [7, 11) is 0. The minimum Gasteiger partial charge on any atom is -0.295 e. The van der Waals surface area contributed by atoms with Crippen LogP contribution in [0.25, 0.3) is 0 Å². The Balaban J connectivity index is 1.66. The third kappa shape index (κ3) is 2.15. The fourth-order valence-electron chi connectivity index (χ4n) is 7.51. The SMILES string of the molecule is C/C=C(\C)[C@H]1CC[C@H]2[C@@H]3CCC4=CC(=O)CC[C@]4(C)[C@H]3CC[C@]12C. The molecule has 0 aromatic heterocycles. The molecule has 0 bridgehead atoms. The Kier molecular flexibility index (Phi) is 3.86. The van der Waals surface area contributed by atoms with Crippen LogP contribution in [0.15, 0.2) is 23.3 Å². The number of fused-ring (bicyclic) bond motifs is 5. The third-order valence-corrected chi connectivity index (χ3v) is 8.97. The van der Waals surface area contributed by atoms with Gasteiger partial charge in [0.05, 0.1) is 0 Å². The van der Waals surface area contributed by atoms with E-state index in [9.17, 15) is 4.79 Å². The van der Waals surface area contributed by atoms with Crippen molar-refractivity contribution < 1.29 is 4.79 Å². The number of rotatable bonds is 1. The van der Waals surface area contributed by atoms with Crippen LogP contribution in [0.2, 0.25) is 0 Å². The van der Waals surface area contributed by atoms with Crippen LogP contribution in [0.3, 0.4) is 0 Å². The molecule has 0 aromatic rings. The van der Waals surface area contributed by atoms with Gasteiger partial charge in [-0.3, -0.25) is 4.79 Å². The minimum atomic E-state index is 0.325. The lowest BCUT2D eigenvalue weighted by molar-refractivity contribution is -0.117. The number of carbonyl (C=O) groups is 1. The second kappa shape index (κ2) is 5.58. The Morgan fingerprint density at radius 3 is 2.62 bits per heavy atom. The molecule has 0 saturated heterocycles. The van der Waals surface area contributed by atoms with E-state index in [1.54, 1.807) is 5.57 Å². The van der Waals surface area contributed by atoms with E-state index >= 15 is 0 Å². The van der Waals surface area contributed by atoms with Crippen LogP contribution in [0.4, 0.5) is 0 Å². The van der Waals surface area contributed by atoms with Crippen molar-refractivity contribution in [2.75, 3.05) is 0 Å². The molecule has 0 unspecified atom stereocenters. The molecule has 4 aliphatic rings. The van der Waals surface area contributed by atoms with E-state index < -0.39 is 0 Å². The molecule has 0 aromatic carbocycles. The van der Waals surface area contributed by atoms with Gasteiger partial charge in [-0.2, -0.15) is 0 Å². The molecule has 6 atom stereocenters. The Labute approximate surface area is 148 Å². The zero-order valence-corrected chi connectivity index (χ0v) is 16.0. The second-order valence-electron chi connectivity index (χ2n) is 9.68. The zero-order valence-electron chi connectivity index (χ0n) is 16.0. The van der Waals surface area contributed by atoms with Crippen molar-refractivity contribution in [2.45, 2.75) is 79.1 Å². The molecular weight excluding hydrogens is 292 g/mol. The normalized spacial score (nSPS) is 48.4. The largest absolute Gasteiger partial charge is 0.295 e. The number of ketones is 1. The molecule has 0 amide bonds. The maximum Gasteiger partial charge on any atom is 0.155 e. The van der Waals surface area contributed by atoms with E-state index in [1.807, 2.05) is 6.08 Å². The molecule has 4 rings (SSSR count). The molecule has 0 heterocycles. The molecule has 0 radical (unpaired) electrons. The smallest absolute Gasteiger partial charge is 0.155 e. The molecule has 0 N–H and O–H groups in total. The molecule has 0 spiro atoms. The first-order valence-corrected chi connectivity index (χ1v) is 10.3. The Morgan fingerprint density at radius 1 is 1.08 bits per heavy atom. The van der Waals surface area contributed by atoms with E-state index in [0.29, 0.717) is 16.6 Å². The highest BCUT2D eigenvalue weighted by molar-refractivity contribution is 5.91. The predicted octanol–water partition coefficient (Wildman–Crippen LogP) is 6.10. The first kappa shape index (κ1) is 16.6. The average molecular weight is 327 g/mol. The molecule has 0 aliphatic heterocycles. The summed E-state index contributed by atoms with van der Waals surface area (Å²) in [5.74, 6) is 3.83. The van der Waals surface area contributed by atoms with Crippen LogP contribution in [0, 0.1) is 34.5 Å². The summed E-state index contributed by atoms with van der Waals surface area (Å²) in [4.78, 5) is 11.9. The predicted molar refractivity (Wildman–Crippen MR) is 99.6 cm³/mol. The van der Waals surface area contributed by atoms with Gasteiger partial charge in [-0.05, 0) is 99.4 Å². The first-order chi connectivity index (χ1) is 11.4. The lowest BCUT2D eigenvalue weighted by Crippen LogP contribution is -2.50. The van der Waals surface area contributed by atoms with Gasteiger partial charge in [-0.1, -0.05) is 31.1 Å². The Hall–Kier alpha value is -0.850. The highest BCUT2D eigenvalue weighted by Crippen LogP contribution is 2.67. The summed E-state index contributed by atoms with van der Waals surface area (Å²) in [6.45, 7) is 9.68.